The Labute approximate surface area is 231 Å². The fourth-order valence-corrected chi connectivity index (χ4v) is 4.64. The summed E-state index contributed by atoms with van der Waals surface area (Å²) < 4.78 is 10.3. The van der Waals surface area contributed by atoms with E-state index in [-0.39, 0.29) is 11.7 Å². The molecule has 39 heavy (non-hydrogen) atoms. The van der Waals surface area contributed by atoms with Crippen LogP contribution in [0.1, 0.15) is 28.4 Å². The number of benzene rings is 3. The summed E-state index contributed by atoms with van der Waals surface area (Å²) in [6.07, 6.45) is 0. The first kappa shape index (κ1) is 27.4. The largest absolute Gasteiger partial charge is 0.497 e. The third-order valence-corrected chi connectivity index (χ3v) is 6.84. The molecule has 196 valence electrons. The molecule has 4 aromatic rings. The summed E-state index contributed by atoms with van der Waals surface area (Å²) in [5.74, 6) is 0.0795. The van der Waals surface area contributed by atoms with E-state index in [1.165, 1.54) is 11.8 Å². The highest BCUT2D eigenvalue weighted by Crippen LogP contribution is 2.35. The van der Waals surface area contributed by atoms with Crippen LogP contribution >= 0.6 is 11.8 Å². The standard InChI is InChI=1S/C31H27N3O4S/c1-4-38-31(36)23-9-13-24(14-10-23)33-29(35)19-39-30-27(18-32)26(21-11-15-25(37-3)16-12-21)17-28(34-30)22-7-5-20(2)6-8-22/h5-17H,4,19H2,1-3H3,(H,33,35). The molecular formula is C31H27N3O4S. The third kappa shape index (κ3) is 6.83. The summed E-state index contributed by atoms with van der Waals surface area (Å²) >= 11 is 1.20. The predicted octanol–water partition coefficient (Wildman–Crippen LogP) is 6.51. The van der Waals surface area contributed by atoms with Crippen LogP contribution in [0.4, 0.5) is 5.69 Å². The number of carbonyl (C=O) groups excluding carboxylic acids is 2. The molecule has 3 aromatic carbocycles. The monoisotopic (exact) mass is 537 g/mol. The smallest absolute Gasteiger partial charge is 0.338 e. The number of carbonyl (C=O) groups is 2. The number of methoxy groups -OCH3 is 1. The molecule has 0 radical (unpaired) electrons. The van der Waals surface area contributed by atoms with Crippen LogP contribution in [0.2, 0.25) is 0 Å². The SMILES string of the molecule is CCOC(=O)c1ccc(NC(=O)CSc2nc(-c3ccc(C)cc3)cc(-c3ccc(OC)cc3)c2C#N)cc1. The molecule has 1 amide bonds. The molecule has 4 rings (SSSR count). The molecule has 0 fully saturated rings. The number of pyridine rings is 1. The molecule has 0 aliphatic heterocycles. The van der Waals surface area contributed by atoms with Gasteiger partial charge in [-0.05, 0) is 61.9 Å². The molecule has 0 spiro atoms. The molecule has 0 saturated carbocycles. The van der Waals surface area contributed by atoms with E-state index in [0.717, 1.165) is 22.3 Å². The van der Waals surface area contributed by atoms with Crippen molar-refractivity contribution >= 4 is 29.3 Å². The number of hydrogen-bond donors (Lipinski definition) is 1. The third-order valence-electron chi connectivity index (χ3n) is 5.87. The Bertz CT molecular complexity index is 1510. The molecule has 0 aliphatic rings. The van der Waals surface area contributed by atoms with Gasteiger partial charge in [0.05, 0.1) is 36.3 Å². The van der Waals surface area contributed by atoms with E-state index >= 15 is 0 Å². The van der Waals surface area contributed by atoms with E-state index in [0.29, 0.717) is 39.9 Å². The fraction of sp³-hybridized carbons (Fsp3) is 0.161. The number of anilines is 1. The molecule has 0 aliphatic carbocycles. The quantitative estimate of drug-likeness (QED) is 0.192. The first-order valence-electron chi connectivity index (χ1n) is 12.3. The van der Waals surface area contributed by atoms with E-state index < -0.39 is 5.97 Å². The average molecular weight is 538 g/mol. The lowest BCUT2D eigenvalue weighted by Crippen LogP contribution is -2.14. The number of nitriles is 1. The molecule has 7 nitrogen and oxygen atoms in total. The van der Waals surface area contributed by atoms with E-state index in [1.54, 1.807) is 38.3 Å². The summed E-state index contributed by atoms with van der Waals surface area (Å²) in [5, 5.41) is 13.4. The predicted molar refractivity (Wildman–Crippen MR) is 153 cm³/mol. The Morgan fingerprint density at radius 2 is 1.64 bits per heavy atom. The van der Waals surface area contributed by atoms with Gasteiger partial charge in [-0.15, -0.1) is 0 Å². The van der Waals surface area contributed by atoms with Gasteiger partial charge < -0.3 is 14.8 Å². The first-order chi connectivity index (χ1) is 18.9. The lowest BCUT2D eigenvalue weighted by Gasteiger charge is -2.13. The van der Waals surface area contributed by atoms with Crippen molar-refractivity contribution in [3.63, 3.8) is 0 Å². The topological polar surface area (TPSA) is 101 Å². The Hall–Kier alpha value is -4.61. The number of thioether (sulfide) groups is 1. The van der Waals surface area contributed by atoms with Crippen LogP contribution in [-0.2, 0) is 9.53 Å². The van der Waals surface area contributed by atoms with Gasteiger partial charge in [0.2, 0.25) is 5.91 Å². The highest BCUT2D eigenvalue weighted by Gasteiger charge is 2.17. The van der Waals surface area contributed by atoms with Gasteiger partial charge in [-0.3, -0.25) is 4.79 Å². The normalized spacial score (nSPS) is 10.4. The number of nitrogens with zero attached hydrogens (tertiary/aromatic N) is 2. The summed E-state index contributed by atoms with van der Waals surface area (Å²) in [5.41, 5.74) is 5.67. The molecule has 1 N–H and O–H groups in total. The zero-order valence-electron chi connectivity index (χ0n) is 21.9. The number of esters is 1. The Morgan fingerprint density at radius 1 is 0.974 bits per heavy atom. The molecule has 0 saturated heterocycles. The van der Waals surface area contributed by atoms with E-state index in [9.17, 15) is 14.9 Å². The van der Waals surface area contributed by atoms with Crippen LogP contribution in [0.3, 0.4) is 0 Å². The van der Waals surface area contributed by atoms with Gasteiger partial charge in [-0.25, -0.2) is 9.78 Å². The van der Waals surface area contributed by atoms with E-state index in [4.69, 9.17) is 14.5 Å². The summed E-state index contributed by atoms with van der Waals surface area (Å²) in [6, 6.07) is 26.2. The Balaban J connectivity index is 1.60. The average Bonchev–Trinajstić information content (AvgIpc) is 2.96. The number of nitrogens with one attached hydrogen (secondary N) is 1. The van der Waals surface area contributed by atoms with Crippen molar-refractivity contribution in [3.8, 4) is 34.2 Å². The molecule has 0 atom stereocenters. The minimum atomic E-state index is -0.415. The van der Waals surface area contributed by atoms with E-state index in [2.05, 4.69) is 11.4 Å². The summed E-state index contributed by atoms with van der Waals surface area (Å²) in [7, 11) is 1.60. The minimum Gasteiger partial charge on any atom is -0.497 e. The lowest BCUT2D eigenvalue weighted by atomic mass is 9.99. The molecule has 0 unspecified atom stereocenters. The second kappa shape index (κ2) is 12.8. The van der Waals surface area contributed by atoms with Crippen molar-refractivity contribution in [2.24, 2.45) is 0 Å². The van der Waals surface area contributed by atoms with Gasteiger partial charge in [0.25, 0.3) is 0 Å². The van der Waals surface area contributed by atoms with Crippen molar-refractivity contribution in [2.45, 2.75) is 18.9 Å². The minimum absolute atomic E-state index is 0.0424. The molecular weight excluding hydrogens is 510 g/mol. The maximum Gasteiger partial charge on any atom is 0.338 e. The molecule has 1 aromatic heterocycles. The number of ether oxygens (including phenoxy) is 2. The second-order valence-corrected chi connectivity index (χ2v) is 9.54. The number of aryl methyl sites for hydroxylation is 1. The highest BCUT2D eigenvalue weighted by atomic mass is 32.2. The van der Waals surface area contributed by atoms with Crippen molar-refractivity contribution in [2.75, 3.05) is 24.8 Å². The van der Waals surface area contributed by atoms with Crippen LogP contribution in [-0.4, -0.2) is 36.3 Å². The maximum absolute atomic E-state index is 12.8. The Morgan fingerprint density at radius 3 is 2.26 bits per heavy atom. The summed E-state index contributed by atoms with van der Waals surface area (Å²) in [6.45, 7) is 4.05. The van der Waals surface area contributed by atoms with Crippen LogP contribution < -0.4 is 10.1 Å². The van der Waals surface area contributed by atoms with Gasteiger partial charge in [-0.1, -0.05) is 53.7 Å². The van der Waals surface area contributed by atoms with Gasteiger partial charge in [0.15, 0.2) is 0 Å². The molecule has 1 heterocycles. The lowest BCUT2D eigenvalue weighted by molar-refractivity contribution is -0.113. The zero-order valence-corrected chi connectivity index (χ0v) is 22.7. The zero-order chi connectivity index (χ0) is 27.8. The number of rotatable bonds is 9. The summed E-state index contributed by atoms with van der Waals surface area (Å²) in [4.78, 5) is 29.4. The van der Waals surface area contributed by atoms with Crippen molar-refractivity contribution in [1.29, 1.82) is 5.26 Å². The van der Waals surface area contributed by atoms with Crippen LogP contribution in [0, 0.1) is 18.3 Å². The van der Waals surface area contributed by atoms with Gasteiger partial charge in [0.1, 0.15) is 16.8 Å². The van der Waals surface area contributed by atoms with Crippen LogP contribution in [0.15, 0.2) is 83.9 Å². The highest BCUT2D eigenvalue weighted by molar-refractivity contribution is 8.00. The Kier molecular flexibility index (Phi) is 8.97. The van der Waals surface area contributed by atoms with E-state index in [1.807, 2.05) is 61.5 Å². The van der Waals surface area contributed by atoms with Crippen molar-refractivity contribution < 1.29 is 19.1 Å². The second-order valence-electron chi connectivity index (χ2n) is 8.58. The van der Waals surface area contributed by atoms with Crippen molar-refractivity contribution in [3.05, 3.63) is 95.6 Å². The number of aromatic nitrogens is 1. The van der Waals surface area contributed by atoms with Crippen LogP contribution in [0.25, 0.3) is 22.4 Å². The maximum atomic E-state index is 12.8. The van der Waals surface area contributed by atoms with Gasteiger partial charge in [-0.2, -0.15) is 5.26 Å². The first-order valence-corrected chi connectivity index (χ1v) is 13.3. The van der Waals surface area contributed by atoms with Crippen molar-refractivity contribution in [1.82, 2.24) is 4.98 Å². The van der Waals surface area contributed by atoms with Crippen LogP contribution in [0.5, 0.6) is 5.75 Å². The molecule has 0 bridgehead atoms. The molecule has 8 heteroatoms. The fourth-order valence-electron chi connectivity index (χ4n) is 3.84. The number of hydrogen-bond acceptors (Lipinski definition) is 7. The van der Waals surface area contributed by atoms with Gasteiger partial charge in [0, 0.05) is 16.8 Å². The number of amides is 1. The van der Waals surface area contributed by atoms with Gasteiger partial charge >= 0.3 is 5.97 Å².